The molecule has 0 fully saturated rings. The molecule has 0 saturated carbocycles. The lowest BCUT2D eigenvalue weighted by Gasteiger charge is -2.09. The second-order valence-electron chi connectivity index (χ2n) is 4.91. The van der Waals surface area contributed by atoms with Crippen LogP contribution in [0.15, 0.2) is 42.5 Å². The fourth-order valence-electron chi connectivity index (χ4n) is 1.89. The minimum Gasteiger partial charge on any atom is -0.373 e. The van der Waals surface area contributed by atoms with Gasteiger partial charge < -0.3 is 10.6 Å². The number of nitrogens with zero attached hydrogens (tertiary/aromatic N) is 1. The van der Waals surface area contributed by atoms with E-state index in [-0.39, 0.29) is 0 Å². The number of aromatic nitrogens is 1. The van der Waals surface area contributed by atoms with Gasteiger partial charge in [0.1, 0.15) is 11.6 Å². The third kappa shape index (κ3) is 3.71. The molecule has 0 aliphatic carbocycles. The molecule has 0 amide bonds. The normalized spacial score (nSPS) is 10.5. The molecule has 3 heteroatoms. The van der Waals surface area contributed by atoms with E-state index in [4.69, 9.17) is 0 Å². The summed E-state index contributed by atoms with van der Waals surface area (Å²) in [5, 5.41) is 6.37. The van der Waals surface area contributed by atoms with Crippen LogP contribution >= 0.6 is 0 Å². The Bertz CT molecular complexity index is 518. The van der Waals surface area contributed by atoms with Crippen molar-refractivity contribution in [1.82, 2.24) is 4.98 Å². The molecule has 1 aromatic heterocycles. The zero-order chi connectivity index (χ0) is 13.7. The summed E-state index contributed by atoms with van der Waals surface area (Å²) in [4.78, 5) is 4.43. The maximum absolute atomic E-state index is 4.43. The molecule has 1 aromatic carbocycles. The van der Waals surface area contributed by atoms with E-state index in [0.29, 0.717) is 5.92 Å². The molecule has 0 aliphatic heterocycles. The average molecular weight is 255 g/mol. The molecule has 0 atom stereocenters. The molecule has 3 nitrogen and oxygen atoms in total. The molecule has 2 N–H and O–H groups in total. The highest BCUT2D eigenvalue weighted by Crippen LogP contribution is 2.15. The first-order valence-corrected chi connectivity index (χ1v) is 6.66. The van der Waals surface area contributed by atoms with Gasteiger partial charge in [-0.1, -0.05) is 44.2 Å². The topological polar surface area (TPSA) is 37.0 Å². The van der Waals surface area contributed by atoms with Gasteiger partial charge in [0.25, 0.3) is 0 Å². The summed E-state index contributed by atoms with van der Waals surface area (Å²) < 4.78 is 0. The van der Waals surface area contributed by atoms with Crippen LogP contribution in [0, 0.1) is 0 Å². The first-order chi connectivity index (χ1) is 9.19. The number of anilines is 2. The van der Waals surface area contributed by atoms with Crippen molar-refractivity contribution < 1.29 is 0 Å². The van der Waals surface area contributed by atoms with Crippen molar-refractivity contribution in [2.75, 3.05) is 17.7 Å². The number of hydrogen-bond acceptors (Lipinski definition) is 3. The van der Waals surface area contributed by atoms with Gasteiger partial charge in [0.15, 0.2) is 0 Å². The van der Waals surface area contributed by atoms with E-state index < -0.39 is 0 Å². The number of benzene rings is 1. The number of nitrogens with one attached hydrogen (secondary N) is 2. The van der Waals surface area contributed by atoms with Crippen LogP contribution in [-0.4, -0.2) is 12.0 Å². The molecule has 0 unspecified atom stereocenters. The summed E-state index contributed by atoms with van der Waals surface area (Å²) in [6.07, 6.45) is 0. The SMILES string of the molecule is CNc1cccc(NCc2ccc(C(C)C)cc2)n1. The zero-order valence-electron chi connectivity index (χ0n) is 11.8. The largest absolute Gasteiger partial charge is 0.373 e. The third-order valence-corrected chi connectivity index (χ3v) is 3.13. The van der Waals surface area contributed by atoms with E-state index >= 15 is 0 Å². The van der Waals surface area contributed by atoms with Crippen LogP contribution in [0.2, 0.25) is 0 Å². The molecule has 0 radical (unpaired) electrons. The molecule has 0 bridgehead atoms. The van der Waals surface area contributed by atoms with Crippen LogP contribution in [0.5, 0.6) is 0 Å². The van der Waals surface area contributed by atoms with Crippen molar-refractivity contribution in [3.8, 4) is 0 Å². The highest BCUT2D eigenvalue weighted by Gasteiger charge is 2.00. The Morgan fingerprint density at radius 2 is 1.68 bits per heavy atom. The summed E-state index contributed by atoms with van der Waals surface area (Å²) in [5.41, 5.74) is 2.64. The smallest absolute Gasteiger partial charge is 0.128 e. The number of pyridine rings is 1. The number of hydrogen-bond donors (Lipinski definition) is 2. The second kappa shape index (κ2) is 6.23. The predicted octanol–water partition coefficient (Wildman–Crippen LogP) is 3.86. The van der Waals surface area contributed by atoms with Gasteiger partial charge >= 0.3 is 0 Å². The van der Waals surface area contributed by atoms with E-state index in [1.54, 1.807) is 0 Å². The molecular weight excluding hydrogens is 234 g/mol. The van der Waals surface area contributed by atoms with Crippen molar-refractivity contribution in [2.24, 2.45) is 0 Å². The van der Waals surface area contributed by atoms with Gasteiger partial charge in [0.2, 0.25) is 0 Å². The first-order valence-electron chi connectivity index (χ1n) is 6.66. The van der Waals surface area contributed by atoms with Crippen LogP contribution < -0.4 is 10.6 Å². The molecule has 1 heterocycles. The van der Waals surface area contributed by atoms with Crippen molar-refractivity contribution in [2.45, 2.75) is 26.3 Å². The minimum absolute atomic E-state index is 0.580. The maximum Gasteiger partial charge on any atom is 0.128 e. The number of rotatable bonds is 5. The van der Waals surface area contributed by atoms with E-state index in [0.717, 1.165) is 18.2 Å². The summed E-state index contributed by atoms with van der Waals surface area (Å²) in [5.74, 6) is 2.34. The second-order valence-corrected chi connectivity index (χ2v) is 4.91. The summed E-state index contributed by atoms with van der Waals surface area (Å²) in [6.45, 7) is 5.21. The summed E-state index contributed by atoms with van der Waals surface area (Å²) in [6, 6.07) is 14.6. The van der Waals surface area contributed by atoms with Crippen LogP contribution in [0.3, 0.4) is 0 Å². The Balaban J connectivity index is 1.98. The minimum atomic E-state index is 0.580. The van der Waals surface area contributed by atoms with Crippen molar-refractivity contribution in [3.05, 3.63) is 53.6 Å². The zero-order valence-corrected chi connectivity index (χ0v) is 11.8. The highest BCUT2D eigenvalue weighted by atomic mass is 15.0. The fraction of sp³-hybridized carbons (Fsp3) is 0.312. The first kappa shape index (κ1) is 13.4. The Morgan fingerprint density at radius 1 is 1.00 bits per heavy atom. The predicted molar refractivity (Wildman–Crippen MR) is 81.6 cm³/mol. The molecule has 2 rings (SSSR count). The van der Waals surface area contributed by atoms with Crippen LogP contribution in [0.1, 0.15) is 30.9 Å². The monoisotopic (exact) mass is 255 g/mol. The van der Waals surface area contributed by atoms with Crippen molar-refractivity contribution in [1.29, 1.82) is 0 Å². The lowest BCUT2D eigenvalue weighted by atomic mass is 10.0. The molecule has 0 aliphatic rings. The molecule has 19 heavy (non-hydrogen) atoms. The third-order valence-electron chi connectivity index (χ3n) is 3.13. The van der Waals surface area contributed by atoms with Gasteiger partial charge in [-0.2, -0.15) is 0 Å². The molecule has 2 aromatic rings. The van der Waals surface area contributed by atoms with E-state index in [9.17, 15) is 0 Å². The Labute approximate surface area is 115 Å². The Hall–Kier alpha value is -2.03. The van der Waals surface area contributed by atoms with E-state index in [1.165, 1.54) is 11.1 Å². The van der Waals surface area contributed by atoms with Crippen LogP contribution in [0.25, 0.3) is 0 Å². The van der Waals surface area contributed by atoms with Gasteiger partial charge in [-0.05, 0) is 29.2 Å². The van der Waals surface area contributed by atoms with Gasteiger partial charge in [-0.3, -0.25) is 0 Å². The Kier molecular flexibility index (Phi) is 4.39. The fourth-order valence-corrected chi connectivity index (χ4v) is 1.89. The quantitative estimate of drug-likeness (QED) is 0.852. The standard InChI is InChI=1S/C16H21N3/c1-12(2)14-9-7-13(8-10-14)11-18-16-6-4-5-15(17-3)19-16/h4-10,12H,11H2,1-3H3,(H2,17,18,19). The van der Waals surface area contributed by atoms with Gasteiger partial charge in [0, 0.05) is 13.6 Å². The van der Waals surface area contributed by atoms with Crippen molar-refractivity contribution >= 4 is 11.6 Å². The average Bonchev–Trinajstić information content (AvgIpc) is 2.46. The van der Waals surface area contributed by atoms with E-state index in [1.807, 2.05) is 25.2 Å². The summed E-state index contributed by atoms with van der Waals surface area (Å²) in [7, 11) is 1.87. The van der Waals surface area contributed by atoms with Crippen LogP contribution in [0.4, 0.5) is 11.6 Å². The summed E-state index contributed by atoms with van der Waals surface area (Å²) >= 11 is 0. The molecular formula is C16H21N3. The Morgan fingerprint density at radius 3 is 2.32 bits per heavy atom. The van der Waals surface area contributed by atoms with Gasteiger partial charge in [-0.25, -0.2) is 4.98 Å². The lowest BCUT2D eigenvalue weighted by Crippen LogP contribution is -2.03. The van der Waals surface area contributed by atoms with Crippen LogP contribution in [-0.2, 0) is 6.54 Å². The highest BCUT2D eigenvalue weighted by molar-refractivity contribution is 5.45. The van der Waals surface area contributed by atoms with Gasteiger partial charge in [0.05, 0.1) is 0 Å². The van der Waals surface area contributed by atoms with Gasteiger partial charge in [-0.15, -0.1) is 0 Å². The lowest BCUT2D eigenvalue weighted by molar-refractivity contribution is 0.865. The molecule has 0 spiro atoms. The van der Waals surface area contributed by atoms with E-state index in [2.05, 4.69) is 53.7 Å². The molecule has 0 saturated heterocycles. The maximum atomic E-state index is 4.43. The molecule has 100 valence electrons. The van der Waals surface area contributed by atoms with Crippen molar-refractivity contribution in [3.63, 3.8) is 0 Å².